The molecule has 0 saturated heterocycles. The van der Waals surface area contributed by atoms with Crippen molar-refractivity contribution in [1.82, 2.24) is 15.5 Å². The Kier molecular flexibility index (Phi) is 6.90. The molecule has 2 rings (SSSR count). The summed E-state index contributed by atoms with van der Waals surface area (Å²) in [5, 5.41) is 10.1. The number of hydrogen-bond acceptors (Lipinski definition) is 3. The summed E-state index contributed by atoms with van der Waals surface area (Å²) >= 11 is 0. The van der Waals surface area contributed by atoms with E-state index >= 15 is 0 Å². The van der Waals surface area contributed by atoms with E-state index in [9.17, 15) is 4.79 Å². The first kappa shape index (κ1) is 17.0. The molecule has 1 heterocycles. The van der Waals surface area contributed by atoms with Crippen LogP contribution in [-0.2, 0) is 16.0 Å². The highest BCUT2D eigenvalue weighted by molar-refractivity contribution is 5.76. The van der Waals surface area contributed by atoms with E-state index < -0.39 is 0 Å². The third-order valence-corrected chi connectivity index (χ3v) is 4.49. The van der Waals surface area contributed by atoms with Crippen molar-refractivity contribution in [2.45, 2.75) is 71.3 Å². The number of H-pyrrole nitrogens is 1. The number of amides is 1. The van der Waals surface area contributed by atoms with Crippen LogP contribution in [0.2, 0.25) is 0 Å². The summed E-state index contributed by atoms with van der Waals surface area (Å²) in [4.78, 5) is 11.8. The topological polar surface area (TPSA) is 67.0 Å². The second-order valence-corrected chi connectivity index (χ2v) is 6.25. The van der Waals surface area contributed by atoms with Crippen molar-refractivity contribution in [3.8, 4) is 0 Å². The molecule has 22 heavy (non-hydrogen) atoms. The minimum absolute atomic E-state index is 0.0951. The lowest BCUT2D eigenvalue weighted by molar-refractivity contribution is -0.121. The van der Waals surface area contributed by atoms with Gasteiger partial charge in [0.15, 0.2) is 0 Å². The molecule has 1 fully saturated rings. The largest absolute Gasteiger partial charge is 0.378 e. The molecule has 5 heteroatoms. The highest BCUT2D eigenvalue weighted by Gasteiger charge is 2.13. The highest BCUT2D eigenvalue weighted by Crippen LogP contribution is 2.20. The molecule has 0 aromatic carbocycles. The van der Waals surface area contributed by atoms with Gasteiger partial charge < -0.3 is 10.1 Å². The maximum absolute atomic E-state index is 11.8. The summed E-state index contributed by atoms with van der Waals surface area (Å²) in [6.45, 7) is 5.49. The monoisotopic (exact) mass is 307 g/mol. The first-order valence-corrected chi connectivity index (χ1v) is 8.55. The molecule has 2 N–H and O–H groups in total. The number of ether oxygens (including phenoxy) is 1. The predicted octanol–water partition coefficient (Wildman–Crippen LogP) is 2.81. The van der Waals surface area contributed by atoms with Crippen LogP contribution in [0.1, 0.15) is 61.9 Å². The van der Waals surface area contributed by atoms with E-state index in [4.69, 9.17) is 4.74 Å². The van der Waals surface area contributed by atoms with Gasteiger partial charge in [-0.1, -0.05) is 19.3 Å². The van der Waals surface area contributed by atoms with Crippen molar-refractivity contribution in [2.24, 2.45) is 0 Å². The van der Waals surface area contributed by atoms with Crippen LogP contribution in [-0.4, -0.2) is 35.4 Å². The van der Waals surface area contributed by atoms with Gasteiger partial charge in [-0.05, 0) is 38.7 Å². The van der Waals surface area contributed by atoms with Gasteiger partial charge in [-0.15, -0.1) is 0 Å². The average Bonchev–Trinajstić information content (AvgIpc) is 2.85. The summed E-state index contributed by atoms with van der Waals surface area (Å²) in [7, 11) is 0. The van der Waals surface area contributed by atoms with Crippen molar-refractivity contribution in [3.05, 3.63) is 17.0 Å². The number of aromatic amines is 1. The Bertz CT molecular complexity index is 464. The van der Waals surface area contributed by atoms with Crippen molar-refractivity contribution in [3.63, 3.8) is 0 Å². The molecule has 1 aromatic rings. The SMILES string of the molecule is Cc1[nH]nc(CCC(=O)NCCCOC2CCCCC2)c1C. The molecule has 1 aliphatic rings. The molecule has 0 unspecified atom stereocenters. The second kappa shape index (κ2) is 8.93. The Balaban J connectivity index is 1.51. The van der Waals surface area contributed by atoms with Gasteiger partial charge in [-0.3, -0.25) is 9.89 Å². The van der Waals surface area contributed by atoms with E-state index in [0.29, 0.717) is 25.5 Å². The fourth-order valence-corrected chi connectivity index (χ4v) is 2.88. The number of rotatable bonds is 8. The molecule has 1 aliphatic carbocycles. The van der Waals surface area contributed by atoms with Crippen LogP contribution < -0.4 is 5.32 Å². The molecule has 0 atom stereocenters. The van der Waals surface area contributed by atoms with E-state index in [1.54, 1.807) is 0 Å². The quantitative estimate of drug-likeness (QED) is 0.726. The molecule has 1 amide bonds. The van der Waals surface area contributed by atoms with E-state index in [1.807, 2.05) is 13.8 Å². The molecule has 0 bridgehead atoms. The number of carbonyl (C=O) groups excluding carboxylic acids is 1. The zero-order valence-electron chi connectivity index (χ0n) is 13.9. The average molecular weight is 307 g/mol. The van der Waals surface area contributed by atoms with Gasteiger partial charge in [0, 0.05) is 31.7 Å². The van der Waals surface area contributed by atoms with Crippen LogP contribution in [0.15, 0.2) is 0 Å². The van der Waals surface area contributed by atoms with Crippen molar-refractivity contribution < 1.29 is 9.53 Å². The minimum Gasteiger partial charge on any atom is -0.378 e. The molecule has 1 saturated carbocycles. The van der Waals surface area contributed by atoms with Crippen molar-refractivity contribution >= 4 is 5.91 Å². The highest BCUT2D eigenvalue weighted by atomic mass is 16.5. The number of aromatic nitrogens is 2. The molecule has 1 aromatic heterocycles. The smallest absolute Gasteiger partial charge is 0.220 e. The van der Waals surface area contributed by atoms with Crippen LogP contribution in [0.25, 0.3) is 0 Å². The van der Waals surface area contributed by atoms with Crippen LogP contribution >= 0.6 is 0 Å². The lowest BCUT2D eigenvalue weighted by Gasteiger charge is -2.21. The number of aryl methyl sites for hydroxylation is 2. The minimum atomic E-state index is 0.0951. The van der Waals surface area contributed by atoms with Gasteiger partial charge in [0.25, 0.3) is 0 Å². The molecule has 0 radical (unpaired) electrons. The number of carbonyl (C=O) groups is 1. The molecule has 124 valence electrons. The van der Waals surface area contributed by atoms with E-state index in [1.165, 1.54) is 32.1 Å². The predicted molar refractivity (Wildman–Crippen MR) is 86.8 cm³/mol. The summed E-state index contributed by atoms with van der Waals surface area (Å²) in [5.74, 6) is 0.0951. The summed E-state index contributed by atoms with van der Waals surface area (Å²) < 4.78 is 5.85. The van der Waals surface area contributed by atoms with Gasteiger partial charge >= 0.3 is 0 Å². The first-order valence-electron chi connectivity index (χ1n) is 8.55. The molecule has 0 aliphatic heterocycles. The van der Waals surface area contributed by atoms with Crippen LogP contribution in [0.3, 0.4) is 0 Å². The normalized spacial score (nSPS) is 15.9. The summed E-state index contributed by atoms with van der Waals surface area (Å²) in [6, 6.07) is 0. The Morgan fingerprint density at radius 1 is 1.32 bits per heavy atom. The Hall–Kier alpha value is -1.36. The standard InChI is InChI=1S/C17H29N3O2/c1-13-14(2)19-20-16(13)9-10-17(21)18-11-6-12-22-15-7-4-3-5-8-15/h15H,3-12H2,1-2H3,(H,18,21)(H,19,20). The van der Waals surface area contributed by atoms with Crippen LogP contribution in [0.4, 0.5) is 0 Å². The third-order valence-electron chi connectivity index (χ3n) is 4.49. The van der Waals surface area contributed by atoms with Gasteiger partial charge in [-0.2, -0.15) is 5.10 Å². The lowest BCUT2D eigenvalue weighted by atomic mass is 9.98. The molecular formula is C17H29N3O2. The fourth-order valence-electron chi connectivity index (χ4n) is 2.88. The fraction of sp³-hybridized carbons (Fsp3) is 0.765. The second-order valence-electron chi connectivity index (χ2n) is 6.25. The zero-order chi connectivity index (χ0) is 15.8. The van der Waals surface area contributed by atoms with Gasteiger partial charge in [-0.25, -0.2) is 0 Å². The summed E-state index contributed by atoms with van der Waals surface area (Å²) in [5.41, 5.74) is 3.23. The molecule has 0 spiro atoms. The molecular weight excluding hydrogens is 278 g/mol. The first-order chi connectivity index (χ1) is 10.7. The Morgan fingerprint density at radius 2 is 2.09 bits per heavy atom. The number of nitrogens with one attached hydrogen (secondary N) is 2. The Morgan fingerprint density at radius 3 is 2.77 bits per heavy atom. The zero-order valence-corrected chi connectivity index (χ0v) is 13.9. The van der Waals surface area contributed by atoms with E-state index in [2.05, 4.69) is 15.5 Å². The van der Waals surface area contributed by atoms with Crippen molar-refractivity contribution in [2.75, 3.05) is 13.2 Å². The van der Waals surface area contributed by atoms with E-state index in [-0.39, 0.29) is 5.91 Å². The van der Waals surface area contributed by atoms with Crippen LogP contribution in [0.5, 0.6) is 0 Å². The number of nitrogens with zero attached hydrogens (tertiary/aromatic N) is 1. The van der Waals surface area contributed by atoms with E-state index in [0.717, 1.165) is 30.0 Å². The molecule has 5 nitrogen and oxygen atoms in total. The maximum atomic E-state index is 11.8. The Labute approximate surface area is 133 Å². The third kappa shape index (κ3) is 5.44. The van der Waals surface area contributed by atoms with Gasteiger partial charge in [0.1, 0.15) is 0 Å². The van der Waals surface area contributed by atoms with Crippen molar-refractivity contribution in [1.29, 1.82) is 0 Å². The maximum Gasteiger partial charge on any atom is 0.220 e. The lowest BCUT2D eigenvalue weighted by Crippen LogP contribution is -2.26. The van der Waals surface area contributed by atoms with Gasteiger partial charge in [0.05, 0.1) is 11.8 Å². The van der Waals surface area contributed by atoms with Crippen LogP contribution in [0, 0.1) is 13.8 Å². The summed E-state index contributed by atoms with van der Waals surface area (Å²) in [6.07, 6.45) is 8.89. The number of hydrogen-bond donors (Lipinski definition) is 2. The van der Waals surface area contributed by atoms with Gasteiger partial charge in [0.2, 0.25) is 5.91 Å².